The molecule has 0 saturated carbocycles. The van der Waals surface area contributed by atoms with Gasteiger partial charge in [-0.25, -0.2) is 13.1 Å². The quantitative estimate of drug-likeness (QED) is 0.772. The van der Waals surface area contributed by atoms with Gasteiger partial charge in [-0.05, 0) is 55.7 Å². The maximum Gasteiger partial charge on any atom is 0.240 e. The minimum absolute atomic E-state index is 0.0361. The summed E-state index contributed by atoms with van der Waals surface area (Å²) in [6.45, 7) is 6.49. The second-order valence-electron chi connectivity index (χ2n) is 6.73. The van der Waals surface area contributed by atoms with Crippen molar-refractivity contribution in [2.24, 2.45) is 0 Å². The Hall–Kier alpha value is -2.38. The highest BCUT2D eigenvalue weighted by atomic mass is 32.2. The van der Waals surface area contributed by atoms with E-state index in [1.54, 1.807) is 17.0 Å². The second-order valence-corrected chi connectivity index (χ2v) is 8.49. The smallest absolute Gasteiger partial charge is 0.240 e. The molecule has 0 spiro atoms. The van der Waals surface area contributed by atoms with Crippen LogP contribution in [0.3, 0.4) is 0 Å². The molecule has 0 fully saturated rings. The number of fused-ring (bicyclic) bond motifs is 1. The third kappa shape index (κ3) is 4.31. The lowest BCUT2D eigenvalue weighted by Gasteiger charge is -2.15. The molecule has 0 saturated heterocycles. The Bertz CT molecular complexity index is 970. The summed E-state index contributed by atoms with van der Waals surface area (Å²) in [7, 11) is -3.62. The van der Waals surface area contributed by atoms with Crippen molar-refractivity contribution in [1.82, 2.24) is 4.72 Å². The molecule has 0 radical (unpaired) electrons. The molecule has 0 aromatic heterocycles. The molecule has 1 N–H and O–H groups in total. The van der Waals surface area contributed by atoms with Crippen LogP contribution in [0.25, 0.3) is 0 Å². The number of hydrogen-bond acceptors (Lipinski definition) is 4. The highest BCUT2D eigenvalue weighted by Gasteiger charge is 2.24. The molecule has 3 rings (SSSR count). The number of hydrogen-bond donors (Lipinski definition) is 1. The first-order valence-corrected chi connectivity index (χ1v) is 10.4. The topological polar surface area (TPSA) is 75.7 Å². The van der Waals surface area contributed by atoms with E-state index in [-0.39, 0.29) is 24.0 Å². The largest absolute Gasteiger partial charge is 0.492 e. The third-order valence-electron chi connectivity index (χ3n) is 4.62. The lowest BCUT2D eigenvalue weighted by molar-refractivity contribution is -0.116. The molecular weight excluding hydrogens is 364 g/mol. The van der Waals surface area contributed by atoms with Gasteiger partial charge < -0.3 is 9.64 Å². The number of benzene rings is 2. The molecule has 0 aliphatic carbocycles. The van der Waals surface area contributed by atoms with Crippen LogP contribution in [0.1, 0.15) is 23.6 Å². The van der Waals surface area contributed by atoms with E-state index in [2.05, 4.69) is 4.72 Å². The zero-order chi connectivity index (χ0) is 19.6. The number of nitrogens with one attached hydrogen (secondary N) is 1. The van der Waals surface area contributed by atoms with Gasteiger partial charge in [-0.1, -0.05) is 17.7 Å². The fourth-order valence-corrected chi connectivity index (χ4v) is 4.32. The standard InChI is InChI=1S/C20H24N2O4S/c1-14-4-7-20(15(2)12-14)26-11-9-21-27(24,25)18-5-6-19-17(13-18)8-10-22(19)16(3)23/h4-7,12-13,21H,8-11H2,1-3H3. The summed E-state index contributed by atoms with van der Waals surface area (Å²) in [5.74, 6) is 0.715. The third-order valence-corrected chi connectivity index (χ3v) is 6.08. The van der Waals surface area contributed by atoms with Crippen molar-refractivity contribution in [2.45, 2.75) is 32.1 Å². The number of carbonyl (C=O) groups excluding carboxylic acids is 1. The Morgan fingerprint density at radius 2 is 1.96 bits per heavy atom. The van der Waals surface area contributed by atoms with Gasteiger partial charge in [-0.15, -0.1) is 0 Å². The van der Waals surface area contributed by atoms with Crippen molar-refractivity contribution in [3.8, 4) is 5.75 Å². The molecule has 1 heterocycles. The van der Waals surface area contributed by atoms with Crippen molar-refractivity contribution in [2.75, 3.05) is 24.6 Å². The van der Waals surface area contributed by atoms with Crippen LogP contribution < -0.4 is 14.4 Å². The maximum absolute atomic E-state index is 12.5. The lowest BCUT2D eigenvalue weighted by Crippen LogP contribution is -2.28. The van der Waals surface area contributed by atoms with E-state index in [0.717, 1.165) is 28.1 Å². The van der Waals surface area contributed by atoms with E-state index in [0.29, 0.717) is 13.0 Å². The van der Waals surface area contributed by atoms with Gasteiger partial charge in [0.25, 0.3) is 0 Å². The van der Waals surface area contributed by atoms with Gasteiger partial charge in [0.2, 0.25) is 15.9 Å². The van der Waals surface area contributed by atoms with Gasteiger partial charge in [0.1, 0.15) is 12.4 Å². The predicted octanol–water partition coefficient (Wildman–Crippen LogP) is 2.57. The number of anilines is 1. The first-order valence-electron chi connectivity index (χ1n) is 8.89. The van der Waals surface area contributed by atoms with Gasteiger partial charge in [0.05, 0.1) is 4.90 Å². The van der Waals surface area contributed by atoms with Crippen LogP contribution in [-0.4, -0.2) is 34.0 Å². The fraction of sp³-hybridized carbons (Fsp3) is 0.350. The molecule has 0 unspecified atom stereocenters. The van der Waals surface area contributed by atoms with Crippen LogP contribution >= 0.6 is 0 Å². The van der Waals surface area contributed by atoms with E-state index in [1.807, 2.05) is 32.0 Å². The molecule has 27 heavy (non-hydrogen) atoms. The minimum atomic E-state index is -3.62. The Balaban J connectivity index is 1.61. The minimum Gasteiger partial charge on any atom is -0.492 e. The molecule has 0 atom stereocenters. The van der Waals surface area contributed by atoms with E-state index in [1.165, 1.54) is 13.0 Å². The summed E-state index contributed by atoms with van der Waals surface area (Å²) in [5, 5.41) is 0. The first-order chi connectivity index (χ1) is 12.8. The molecule has 0 bridgehead atoms. The Morgan fingerprint density at radius 1 is 1.19 bits per heavy atom. The van der Waals surface area contributed by atoms with Crippen molar-refractivity contribution < 1.29 is 17.9 Å². The number of ether oxygens (including phenoxy) is 1. The predicted molar refractivity (Wildman–Crippen MR) is 105 cm³/mol. The monoisotopic (exact) mass is 388 g/mol. The van der Waals surface area contributed by atoms with Crippen LogP contribution in [0.2, 0.25) is 0 Å². The maximum atomic E-state index is 12.5. The van der Waals surface area contributed by atoms with Crippen LogP contribution in [0.4, 0.5) is 5.69 Å². The van der Waals surface area contributed by atoms with Crippen molar-refractivity contribution >= 4 is 21.6 Å². The first kappa shape index (κ1) is 19.4. The van der Waals surface area contributed by atoms with E-state index in [9.17, 15) is 13.2 Å². The average molecular weight is 388 g/mol. The van der Waals surface area contributed by atoms with Gasteiger partial charge in [0.15, 0.2) is 0 Å². The number of aryl methyl sites for hydroxylation is 2. The van der Waals surface area contributed by atoms with Crippen molar-refractivity contribution in [3.63, 3.8) is 0 Å². The molecule has 144 valence electrons. The Labute approximate surface area is 160 Å². The number of amides is 1. The van der Waals surface area contributed by atoms with Crippen molar-refractivity contribution in [3.05, 3.63) is 53.1 Å². The summed E-state index contributed by atoms with van der Waals surface area (Å²) in [6, 6.07) is 10.7. The molecule has 7 heteroatoms. The lowest BCUT2D eigenvalue weighted by atomic mass is 10.1. The molecule has 1 amide bonds. The molecule has 2 aromatic rings. The number of nitrogens with zero attached hydrogens (tertiary/aromatic N) is 1. The van der Waals surface area contributed by atoms with Crippen LogP contribution in [-0.2, 0) is 21.2 Å². The van der Waals surface area contributed by atoms with Gasteiger partial charge >= 0.3 is 0 Å². The van der Waals surface area contributed by atoms with Crippen LogP contribution in [0.15, 0.2) is 41.3 Å². The molecule has 6 nitrogen and oxygen atoms in total. The number of rotatable bonds is 6. The SMILES string of the molecule is CC(=O)N1CCc2cc(S(=O)(=O)NCCOc3ccc(C)cc3C)ccc21. The average Bonchev–Trinajstić information content (AvgIpc) is 3.03. The van der Waals surface area contributed by atoms with Gasteiger partial charge in [-0.2, -0.15) is 0 Å². The highest BCUT2D eigenvalue weighted by Crippen LogP contribution is 2.30. The van der Waals surface area contributed by atoms with Crippen LogP contribution in [0.5, 0.6) is 5.75 Å². The summed E-state index contributed by atoms with van der Waals surface area (Å²) in [6.07, 6.45) is 0.661. The van der Waals surface area contributed by atoms with Crippen molar-refractivity contribution in [1.29, 1.82) is 0 Å². The molecular formula is C20H24N2O4S. The van der Waals surface area contributed by atoms with Crippen LogP contribution in [0, 0.1) is 13.8 Å². The van der Waals surface area contributed by atoms with E-state index < -0.39 is 10.0 Å². The summed E-state index contributed by atoms with van der Waals surface area (Å²) in [4.78, 5) is 13.5. The van der Waals surface area contributed by atoms with E-state index >= 15 is 0 Å². The Kier molecular flexibility index (Phi) is 5.53. The fourth-order valence-electron chi connectivity index (χ4n) is 3.25. The molecule has 1 aliphatic rings. The molecule has 2 aromatic carbocycles. The van der Waals surface area contributed by atoms with Gasteiger partial charge in [-0.3, -0.25) is 4.79 Å². The number of sulfonamides is 1. The second kappa shape index (κ2) is 7.70. The van der Waals surface area contributed by atoms with Gasteiger partial charge in [0, 0.05) is 25.7 Å². The highest BCUT2D eigenvalue weighted by molar-refractivity contribution is 7.89. The summed E-state index contributed by atoms with van der Waals surface area (Å²) in [5.41, 5.74) is 3.84. The summed E-state index contributed by atoms with van der Waals surface area (Å²) >= 11 is 0. The zero-order valence-corrected chi connectivity index (χ0v) is 16.6. The zero-order valence-electron chi connectivity index (χ0n) is 15.8. The summed E-state index contributed by atoms with van der Waals surface area (Å²) < 4.78 is 33.3. The Morgan fingerprint density at radius 3 is 2.67 bits per heavy atom. The van der Waals surface area contributed by atoms with E-state index in [4.69, 9.17) is 4.74 Å². The normalized spacial score (nSPS) is 13.5. The number of carbonyl (C=O) groups is 1. The molecule has 1 aliphatic heterocycles.